The molecule has 1 unspecified atom stereocenters. The predicted molar refractivity (Wildman–Crippen MR) is 101 cm³/mol. The first-order chi connectivity index (χ1) is 11.7. The van der Waals surface area contributed by atoms with Crippen LogP contribution in [0.5, 0.6) is 0 Å². The molecular formula is C18H21ClN2O3S. The number of sulfonamides is 1. The standard InChI is InChI=1S/C18H21ClN2O3S/c1-12(2)17(13-7-9-15(19)10-8-13)20-18(22)14-5-4-6-16(11-14)21-25(3,23)24/h4-12,17,21H,1-3H3,(H,20,22). The van der Waals surface area contributed by atoms with Gasteiger partial charge in [0, 0.05) is 16.3 Å². The van der Waals surface area contributed by atoms with Gasteiger partial charge in [-0.05, 0) is 41.8 Å². The van der Waals surface area contributed by atoms with Gasteiger partial charge in [-0.25, -0.2) is 8.42 Å². The molecule has 0 aromatic heterocycles. The summed E-state index contributed by atoms with van der Waals surface area (Å²) in [5, 5.41) is 3.64. The Balaban J connectivity index is 2.21. The molecule has 7 heteroatoms. The first-order valence-electron chi connectivity index (χ1n) is 7.80. The Hall–Kier alpha value is -2.05. The molecule has 0 aliphatic rings. The first kappa shape index (κ1) is 19.3. The third-order valence-corrected chi connectivity index (χ3v) is 4.47. The maximum Gasteiger partial charge on any atom is 0.251 e. The summed E-state index contributed by atoms with van der Waals surface area (Å²) in [6, 6.07) is 13.5. The Morgan fingerprint density at radius 3 is 2.28 bits per heavy atom. The van der Waals surface area contributed by atoms with Crippen molar-refractivity contribution < 1.29 is 13.2 Å². The van der Waals surface area contributed by atoms with Crippen LogP contribution in [0.4, 0.5) is 5.69 Å². The minimum atomic E-state index is -3.40. The lowest BCUT2D eigenvalue weighted by Crippen LogP contribution is -2.31. The van der Waals surface area contributed by atoms with Crippen LogP contribution in [0.15, 0.2) is 48.5 Å². The molecule has 2 aromatic carbocycles. The molecule has 2 N–H and O–H groups in total. The molecule has 0 aliphatic heterocycles. The van der Waals surface area contributed by atoms with Gasteiger partial charge in [0.2, 0.25) is 10.0 Å². The van der Waals surface area contributed by atoms with E-state index in [0.717, 1.165) is 11.8 Å². The van der Waals surface area contributed by atoms with Crippen molar-refractivity contribution in [3.05, 3.63) is 64.7 Å². The molecule has 5 nitrogen and oxygen atoms in total. The number of benzene rings is 2. The van der Waals surface area contributed by atoms with E-state index in [1.807, 2.05) is 26.0 Å². The molecule has 0 aliphatic carbocycles. The van der Waals surface area contributed by atoms with Gasteiger partial charge in [-0.3, -0.25) is 9.52 Å². The number of rotatable bonds is 6. The fourth-order valence-corrected chi connectivity index (χ4v) is 3.15. The van der Waals surface area contributed by atoms with Crippen LogP contribution >= 0.6 is 11.6 Å². The van der Waals surface area contributed by atoms with E-state index in [4.69, 9.17) is 11.6 Å². The molecule has 25 heavy (non-hydrogen) atoms. The molecule has 1 amide bonds. The second kappa shape index (κ2) is 7.89. The van der Waals surface area contributed by atoms with Crippen LogP contribution in [-0.2, 0) is 10.0 Å². The van der Waals surface area contributed by atoms with Crippen LogP contribution in [0, 0.1) is 5.92 Å². The van der Waals surface area contributed by atoms with Gasteiger partial charge in [-0.1, -0.05) is 43.6 Å². The van der Waals surface area contributed by atoms with Crippen LogP contribution in [0.1, 0.15) is 35.8 Å². The highest BCUT2D eigenvalue weighted by molar-refractivity contribution is 7.92. The Labute approximate surface area is 153 Å². The topological polar surface area (TPSA) is 75.3 Å². The first-order valence-corrected chi connectivity index (χ1v) is 10.1. The van der Waals surface area contributed by atoms with E-state index < -0.39 is 10.0 Å². The third-order valence-electron chi connectivity index (χ3n) is 3.61. The summed E-state index contributed by atoms with van der Waals surface area (Å²) in [7, 11) is -3.40. The summed E-state index contributed by atoms with van der Waals surface area (Å²) >= 11 is 5.92. The minimum absolute atomic E-state index is 0.169. The average Bonchev–Trinajstić information content (AvgIpc) is 2.52. The summed E-state index contributed by atoms with van der Waals surface area (Å²) in [5.41, 5.74) is 1.69. The van der Waals surface area contributed by atoms with E-state index in [1.165, 1.54) is 6.07 Å². The highest BCUT2D eigenvalue weighted by Gasteiger charge is 2.19. The van der Waals surface area contributed by atoms with Gasteiger partial charge < -0.3 is 5.32 Å². The number of amides is 1. The van der Waals surface area contributed by atoms with Gasteiger partial charge in [0.05, 0.1) is 12.3 Å². The second-order valence-electron chi connectivity index (χ2n) is 6.20. The van der Waals surface area contributed by atoms with Crippen LogP contribution in [0.25, 0.3) is 0 Å². The van der Waals surface area contributed by atoms with Crippen LogP contribution in [0.3, 0.4) is 0 Å². The number of carbonyl (C=O) groups is 1. The zero-order valence-corrected chi connectivity index (χ0v) is 15.9. The molecular weight excluding hydrogens is 360 g/mol. The maximum atomic E-state index is 12.6. The molecule has 0 radical (unpaired) electrons. The molecule has 134 valence electrons. The van der Waals surface area contributed by atoms with E-state index in [0.29, 0.717) is 16.3 Å². The van der Waals surface area contributed by atoms with Crippen molar-refractivity contribution in [1.29, 1.82) is 0 Å². The Morgan fingerprint density at radius 2 is 1.72 bits per heavy atom. The van der Waals surface area contributed by atoms with E-state index in [-0.39, 0.29) is 17.9 Å². The minimum Gasteiger partial charge on any atom is -0.345 e. The highest BCUT2D eigenvalue weighted by atomic mass is 35.5. The lowest BCUT2D eigenvalue weighted by atomic mass is 9.95. The van der Waals surface area contributed by atoms with E-state index >= 15 is 0 Å². The molecule has 0 heterocycles. The Kier molecular flexibility index (Phi) is 6.08. The molecule has 0 bridgehead atoms. The average molecular weight is 381 g/mol. The summed E-state index contributed by atoms with van der Waals surface area (Å²) in [6.07, 6.45) is 1.06. The van der Waals surface area contributed by atoms with Gasteiger partial charge in [-0.2, -0.15) is 0 Å². The normalized spacial score (nSPS) is 12.7. The van der Waals surface area contributed by atoms with Crippen molar-refractivity contribution >= 4 is 33.2 Å². The van der Waals surface area contributed by atoms with Crippen molar-refractivity contribution in [3.63, 3.8) is 0 Å². The number of anilines is 1. The fourth-order valence-electron chi connectivity index (χ4n) is 2.47. The highest BCUT2D eigenvalue weighted by Crippen LogP contribution is 2.24. The summed E-state index contributed by atoms with van der Waals surface area (Å²) in [5.74, 6) is -0.103. The van der Waals surface area contributed by atoms with Crippen LogP contribution < -0.4 is 10.0 Å². The third kappa shape index (κ3) is 5.76. The number of hydrogen-bond acceptors (Lipinski definition) is 3. The summed E-state index contributed by atoms with van der Waals surface area (Å²) in [4.78, 5) is 12.6. The molecule has 0 fully saturated rings. The molecule has 1 atom stereocenters. The lowest BCUT2D eigenvalue weighted by molar-refractivity contribution is 0.0925. The zero-order valence-electron chi connectivity index (χ0n) is 14.3. The summed E-state index contributed by atoms with van der Waals surface area (Å²) in [6.45, 7) is 4.03. The van der Waals surface area contributed by atoms with Crippen molar-refractivity contribution in [2.24, 2.45) is 5.92 Å². The van der Waals surface area contributed by atoms with Crippen molar-refractivity contribution in [2.75, 3.05) is 11.0 Å². The molecule has 0 saturated carbocycles. The number of carbonyl (C=O) groups excluding carboxylic acids is 1. The SMILES string of the molecule is CC(C)C(NC(=O)c1cccc(NS(C)(=O)=O)c1)c1ccc(Cl)cc1. The molecule has 2 aromatic rings. The van der Waals surface area contributed by atoms with Crippen LogP contribution in [0.2, 0.25) is 5.02 Å². The largest absolute Gasteiger partial charge is 0.345 e. The van der Waals surface area contributed by atoms with Gasteiger partial charge in [0.15, 0.2) is 0 Å². The Bertz CT molecular complexity index is 849. The quantitative estimate of drug-likeness (QED) is 0.799. The second-order valence-corrected chi connectivity index (χ2v) is 8.39. The van der Waals surface area contributed by atoms with E-state index in [1.54, 1.807) is 30.3 Å². The molecule has 0 spiro atoms. The van der Waals surface area contributed by atoms with E-state index in [9.17, 15) is 13.2 Å². The van der Waals surface area contributed by atoms with Crippen molar-refractivity contribution in [3.8, 4) is 0 Å². The van der Waals surface area contributed by atoms with Crippen molar-refractivity contribution in [1.82, 2.24) is 5.32 Å². The predicted octanol–water partition coefficient (Wildman–Crippen LogP) is 3.84. The number of hydrogen-bond donors (Lipinski definition) is 2. The monoisotopic (exact) mass is 380 g/mol. The maximum absolute atomic E-state index is 12.6. The fraction of sp³-hybridized carbons (Fsp3) is 0.278. The van der Waals surface area contributed by atoms with Gasteiger partial charge in [0.1, 0.15) is 0 Å². The van der Waals surface area contributed by atoms with Gasteiger partial charge in [0.25, 0.3) is 5.91 Å². The molecule has 0 saturated heterocycles. The van der Waals surface area contributed by atoms with Crippen LogP contribution in [-0.4, -0.2) is 20.6 Å². The summed E-state index contributed by atoms with van der Waals surface area (Å²) < 4.78 is 25.0. The van der Waals surface area contributed by atoms with Gasteiger partial charge >= 0.3 is 0 Å². The Morgan fingerprint density at radius 1 is 1.08 bits per heavy atom. The van der Waals surface area contributed by atoms with Crippen molar-refractivity contribution in [2.45, 2.75) is 19.9 Å². The van der Waals surface area contributed by atoms with E-state index in [2.05, 4.69) is 10.0 Å². The smallest absolute Gasteiger partial charge is 0.251 e. The number of halogens is 1. The van der Waals surface area contributed by atoms with Gasteiger partial charge in [-0.15, -0.1) is 0 Å². The zero-order chi connectivity index (χ0) is 18.6. The molecule has 2 rings (SSSR count). The lowest BCUT2D eigenvalue weighted by Gasteiger charge is -2.23. The number of nitrogens with one attached hydrogen (secondary N) is 2.